The summed E-state index contributed by atoms with van der Waals surface area (Å²) in [6, 6.07) is 10.4. The topological polar surface area (TPSA) is 74.2 Å². The minimum absolute atomic E-state index is 0.129. The first-order valence-electron chi connectivity index (χ1n) is 8.29. The SMILES string of the molecule is O=c1[nH]ccnc1N1CCCC(NCc2cc3ccccc3o2)C1. The van der Waals surface area contributed by atoms with E-state index in [2.05, 4.69) is 32.3 Å². The zero-order valence-electron chi connectivity index (χ0n) is 13.4. The van der Waals surface area contributed by atoms with Crippen LogP contribution < -0.4 is 15.8 Å². The van der Waals surface area contributed by atoms with Crippen molar-refractivity contribution in [3.8, 4) is 0 Å². The van der Waals surface area contributed by atoms with E-state index in [1.165, 1.54) is 0 Å². The summed E-state index contributed by atoms with van der Waals surface area (Å²) in [5, 5.41) is 4.67. The van der Waals surface area contributed by atoms with Crippen LogP contribution >= 0.6 is 0 Å². The van der Waals surface area contributed by atoms with Gasteiger partial charge >= 0.3 is 0 Å². The summed E-state index contributed by atoms with van der Waals surface area (Å²) in [5.41, 5.74) is 0.787. The summed E-state index contributed by atoms with van der Waals surface area (Å²) in [6.45, 7) is 2.33. The second kappa shape index (κ2) is 6.49. The Morgan fingerprint density at radius 3 is 3.17 bits per heavy atom. The van der Waals surface area contributed by atoms with Crippen molar-refractivity contribution in [1.29, 1.82) is 0 Å². The lowest BCUT2D eigenvalue weighted by Gasteiger charge is -2.33. The highest BCUT2D eigenvalue weighted by molar-refractivity contribution is 5.77. The van der Waals surface area contributed by atoms with Crippen LogP contribution in [0.3, 0.4) is 0 Å². The van der Waals surface area contributed by atoms with Gasteiger partial charge in [-0.15, -0.1) is 0 Å². The lowest BCUT2D eigenvalue weighted by molar-refractivity contribution is 0.399. The molecule has 0 bridgehead atoms. The molecule has 0 amide bonds. The van der Waals surface area contributed by atoms with E-state index in [1.807, 2.05) is 18.2 Å². The molecule has 1 unspecified atom stereocenters. The maximum Gasteiger partial charge on any atom is 0.290 e. The van der Waals surface area contributed by atoms with Gasteiger partial charge in [-0.3, -0.25) is 4.79 Å². The lowest BCUT2D eigenvalue weighted by Crippen LogP contribution is -2.47. The number of nitrogens with one attached hydrogen (secondary N) is 2. The highest BCUT2D eigenvalue weighted by atomic mass is 16.3. The maximum atomic E-state index is 11.9. The van der Waals surface area contributed by atoms with Crippen molar-refractivity contribution in [3.63, 3.8) is 0 Å². The van der Waals surface area contributed by atoms with Gasteiger partial charge < -0.3 is 19.6 Å². The van der Waals surface area contributed by atoms with Crippen LogP contribution in [0.5, 0.6) is 0 Å². The van der Waals surface area contributed by atoms with Crippen LogP contribution in [0, 0.1) is 0 Å². The molecule has 3 aromatic rings. The van der Waals surface area contributed by atoms with Crippen LogP contribution in [-0.2, 0) is 6.54 Å². The Balaban J connectivity index is 1.41. The molecular weight excluding hydrogens is 304 g/mol. The number of nitrogens with zero attached hydrogens (tertiary/aromatic N) is 2. The Morgan fingerprint density at radius 2 is 2.29 bits per heavy atom. The molecule has 4 rings (SSSR count). The zero-order valence-corrected chi connectivity index (χ0v) is 13.4. The number of fused-ring (bicyclic) bond motifs is 1. The summed E-state index contributed by atoms with van der Waals surface area (Å²) in [5.74, 6) is 1.44. The lowest BCUT2D eigenvalue weighted by atomic mass is 10.1. The average Bonchev–Trinajstić information content (AvgIpc) is 3.04. The smallest absolute Gasteiger partial charge is 0.290 e. The highest BCUT2D eigenvalue weighted by Crippen LogP contribution is 2.19. The normalized spacial score (nSPS) is 18.2. The fraction of sp³-hybridized carbons (Fsp3) is 0.333. The molecule has 0 aliphatic carbocycles. The van der Waals surface area contributed by atoms with E-state index < -0.39 is 0 Å². The van der Waals surface area contributed by atoms with Crippen molar-refractivity contribution >= 4 is 16.8 Å². The quantitative estimate of drug-likeness (QED) is 0.770. The van der Waals surface area contributed by atoms with E-state index in [9.17, 15) is 4.79 Å². The van der Waals surface area contributed by atoms with Gasteiger partial charge in [-0.2, -0.15) is 0 Å². The van der Waals surface area contributed by atoms with Gasteiger partial charge in [0, 0.05) is 36.9 Å². The van der Waals surface area contributed by atoms with E-state index in [0.717, 1.165) is 42.7 Å². The molecule has 1 atom stereocenters. The van der Waals surface area contributed by atoms with Gasteiger partial charge in [-0.1, -0.05) is 18.2 Å². The number of furan rings is 1. The Morgan fingerprint density at radius 1 is 1.38 bits per heavy atom. The van der Waals surface area contributed by atoms with E-state index in [1.54, 1.807) is 12.4 Å². The number of aromatic nitrogens is 2. The molecular formula is C18H20N4O2. The van der Waals surface area contributed by atoms with E-state index in [0.29, 0.717) is 18.4 Å². The van der Waals surface area contributed by atoms with E-state index >= 15 is 0 Å². The largest absolute Gasteiger partial charge is 0.460 e. The van der Waals surface area contributed by atoms with Crippen molar-refractivity contribution in [3.05, 3.63) is 58.8 Å². The standard InChI is InChI=1S/C18H20N4O2/c23-18-17(19-7-8-20-18)22-9-3-5-14(12-22)21-11-15-10-13-4-1-2-6-16(13)24-15/h1-2,4,6-8,10,14,21H,3,5,9,11-12H2,(H,20,23). The average molecular weight is 324 g/mol. The number of H-pyrrole nitrogens is 1. The first kappa shape index (κ1) is 15.0. The molecule has 3 heterocycles. The first-order chi connectivity index (χ1) is 11.8. The predicted octanol–water partition coefficient (Wildman–Crippen LogP) is 2.27. The van der Waals surface area contributed by atoms with Crippen LogP contribution in [0.15, 0.2) is 51.9 Å². The minimum Gasteiger partial charge on any atom is -0.460 e. The second-order valence-corrected chi connectivity index (χ2v) is 6.16. The van der Waals surface area contributed by atoms with Crippen LogP contribution in [0.1, 0.15) is 18.6 Å². The molecule has 0 radical (unpaired) electrons. The van der Waals surface area contributed by atoms with Crippen LogP contribution in [0.25, 0.3) is 11.0 Å². The fourth-order valence-electron chi connectivity index (χ4n) is 3.27. The molecule has 2 aromatic heterocycles. The molecule has 1 aromatic carbocycles. The molecule has 1 aliphatic heterocycles. The summed E-state index contributed by atoms with van der Waals surface area (Å²) < 4.78 is 5.85. The van der Waals surface area contributed by atoms with Crippen LogP contribution in [0.4, 0.5) is 5.82 Å². The van der Waals surface area contributed by atoms with Crippen molar-refractivity contribution < 1.29 is 4.42 Å². The zero-order chi connectivity index (χ0) is 16.4. The van der Waals surface area contributed by atoms with Gasteiger partial charge in [-0.05, 0) is 25.0 Å². The Labute approximate surface area is 139 Å². The van der Waals surface area contributed by atoms with Gasteiger partial charge in [0.15, 0.2) is 5.82 Å². The molecule has 1 saturated heterocycles. The molecule has 24 heavy (non-hydrogen) atoms. The summed E-state index contributed by atoms with van der Waals surface area (Å²) in [4.78, 5) is 20.9. The van der Waals surface area contributed by atoms with Crippen LogP contribution in [0.2, 0.25) is 0 Å². The number of rotatable bonds is 4. The highest BCUT2D eigenvalue weighted by Gasteiger charge is 2.22. The van der Waals surface area contributed by atoms with Crippen LogP contribution in [-0.4, -0.2) is 29.1 Å². The Hall–Kier alpha value is -2.60. The molecule has 0 saturated carbocycles. The van der Waals surface area contributed by atoms with E-state index in [-0.39, 0.29) is 5.56 Å². The minimum atomic E-state index is -0.129. The molecule has 2 N–H and O–H groups in total. The van der Waals surface area contributed by atoms with Crippen molar-refractivity contribution in [2.24, 2.45) is 0 Å². The first-order valence-corrected chi connectivity index (χ1v) is 8.29. The molecule has 6 nitrogen and oxygen atoms in total. The van der Waals surface area contributed by atoms with E-state index in [4.69, 9.17) is 4.42 Å². The fourth-order valence-corrected chi connectivity index (χ4v) is 3.27. The molecule has 6 heteroatoms. The van der Waals surface area contributed by atoms with Crippen molar-refractivity contribution in [2.45, 2.75) is 25.4 Å². The monoisotopic (exact) mass is 324 g/mol. The summed E-state index contributed by atoms with van der Waals surface area (Å²) in [6.07, 6.45) is 5.31. The summed E-state index contributed by atoms with van der Waals surface area (Å²) >= 11 is 0. The number of piperidine rings is 1. The molecule has 124 valence electrons. The number of aromatic amines is 1. The number of benzene rings is 1. The van der Waals surface area contributed by atoms with Gasteiger partial charge in [0.2, 0.25) is 0 Å². The third-order valence-electron chi connectivity index (χ3n) is 4.45. The van der Waals surface area contributed by atoms with Gasteiger partial charge in [0.1, 0.15) is 11.3 Å². The summed E-state index contributed by atoms with van der Waals surface area (Å²) in [7, 11) is 0. The molecule has 1 fully saturated rings. The Kier molecular flexibility index (Phi) is 4.04. The number of para-hydroxylation sites is 1. The van der Waals surface area contributed by atoms with Gasteiger partial charge in [0.25, 0.3) is 5.56 Å². The third kappa shape index (κ3) is 3.05. The van der Waals surface area contributed by atoms with Gasteiger partial charge in [-0.25, -0.2) is 4.98 Å². The van der Waals surface area contributed by atoms with Gasteiger partial charge in [0.05, 0.1) is 6.54 Å². The Bertz CT molecular complexity index is 853. The molecule has 1 aliphatic rings. The van der Waals surface area contributed by atoms with Crippen molar-refractivity contribution in [1.82, 2.24) is 15.3 Å². The number of hydrogen-bond acceptors (Lipinski definition) is 5. The predicted molar refractivity (Wildman–Crippen MR) is 93.1 cm³/mol. The van der Waals surface area contributed by atoms with Crippen molar-refractivity contribution in [2.75, 3.05) is 18.0 Å². The molecule has 0 spiro atoms. The number of anilines is 1. The number of hydrogen-bond donors (Lipinski definition) is 2. The second-order valence-electron chi connectivity index (χ2n) is 6.16. The third-order valence-corrected chi connectivity index (χ3v) is 4.45. The maximum absolute atomic E-state index is 11.9.